The van der Waals surface area contributed by atoms with Crippen molar-refractivity contribution < 1.29 is 0 Å². The van der Waals surface area contributed by atoms with Gasteiger partial charge in [0.05, 0.1) is 5.69 Å². The Hall–Kier alpha value is -0.950. The number of halogens is 1. The molecule has 2 aromatic heterocycles. The van der Waals surface area contributed by atoms with Crippen molar-refractivity contribution in [2.75, 3.05) is 26.2 Å². The van der Waals surface area contributed by atoms with Gasteiger partial charge in [0.2, 0.25) is 0 Å². The highest BCUT2D eigenvalue weighted by atomic mass is 35.5. The lowest BCUT2D eigenvalue weighted by Crippen LogP contribution is -2.29. The Bertz CT molecular complexity index is 631. The number of nitrogens with one attached hydrogen (secondary N) is 1. The van der Waals surface area contributed by atoms with Crippen molar-refractivity contribution in [2.24, 2.45) is 0 Å². The van der Waals surface area contributed by atoms with Gasteiger partial charge in [0.1, 0.15) is 0 Å². The maximum Gasteiger partial charge on any atom is 0.259 e. The van der Waals surface area contributed by atoms with Crippen LogP contribution in [0.4, 0.5) is 0 Å². The van der Waals surface area contributed by atoms with Gasteiger partial charge < -0.3 is 5.32 Å². The standard InChI is InChI=1S/C13H18N4OS.ClH/c1-10-9-19-13-15-11(7-12(18)17(10)13)8-16-5-2-3-14-4-6-16;/h7,9,14H,2-6,8H2,1H3;1H. The first-order valence-corrected chi connectivity index (χ1v) is 7.52. The number of aromatic nitrogens is 2. The van der Waals surface area contributed by atoms with Crippen molar-refractivity contribution in [1.29, 1.82) is 0 Å². The zero-order chi connectivity index (χ0) is 13.2. The normalized spacial score (nSPS) is 16.9. The molecule has 1 aliphatic heterocycles. The summed E-state index contributed by atoms with van der Waals surface area (Å²) in [6, 6.07) is 1.67. The van der Waals surface area contributed by atoms with Crippen molar-refractivity contribution in [3.05, 3.63) is 33.2 Å². The molecular weight excluding hydrogens is 296 g/mol. The van der Waals surface area contributed by atoms with Crippen LogP contribution >= 0.6 is 23.7 Å². The molecular formula is C13H19ClN4OS. The quantitative estimate of drug-likeness (QED) is 0.907. The van der Waals surface area contributed by atoms with Gasteiger partial charge in [-0.25, -0.2) is 4.98 Å². The predicted octanol–water partition coefficient (Wildman–Crippen LogP) is 1.28. The number of nitrogens with zero attached hydrogens (tertiary/aromatic N) is 3. The summed E-state index contributed by atoms with van der Waals surface area (Å²) in [6.07, 6.45) is 1.15. The van der Waals surface area contributed by atoms with Gasteiger partial charge in [0.15, 0.2) is 4.96 Å². The van der Waals surface area contributed by atoms with E-state index in [0.29, 0.717) is 0 Å². The summed E-state index contributed by atoms with van der Waals surface area (Å²) in [6.45, 7) is 6.88. The molecule has 0 saturated carbocycles. The molecule has 1 saturated heterocycles. The number of hydrogen-bond donors (Lipinski definition) is 1. The SMILES string of the molecule is Cc1csc2nc(CN3CCCNCC3)cc(=O)n12.Cl. The second kappa shape index (κ2) is 6.67. The Kier molecular flexibility index (Phi) is 5.15. The van der Waals surface area contributed by atoms with Crippen LogP contribution in [0.5, 0.6) is 0 Å². The molecule has 0 spiro atoms. The third-order valence-corrected chi connectivity index (χ3v) is 4.39. The molecule has 2 aromatic rings. The maximum atomic E-state index is 12.1. The van der Waals surface area contributed by atoms with Gasteiger partial charge in [-0.1, -0.05) is 0 Å². The lowest BCUT2D eigenvalue weighted by Gasteiger charge is -2.18. The molecule has 1 fully saturated rings. The van der Waals surface area contributed by atoms with Crippen molar-refractivity contribution in [3.63, 3.8) is 0 Å². The van der Waals surface area contributed by atoms with E-state index in [1.165, 1.54) is 11.3 Å². The number of fused-ring (bicyclic) bond motifs is 1. The molecule has 7 heteroatoms. The lowest BCUT2D eigenvalue weighted by atomic mass is 10.3. The molecule has 1 N–H and O–H groups in total. The Morgan fingerprint density at radius 2 is 2.25 bits per heavy atom. The maximum absolute atomic E-state index is 12.1. The molecule has 0 bridgehead atoms. The minimum absolute atomic E-state index is 0. The molecule has 0 unspecified atom stereocenters. The van der Waals surface area contributed by atoms with Crippen LogP contribution in [0.1, 0.15) is 17.8 Å². The van der Waals surface area contributed by atoms with Gasteiger partial charge in [-0.3, -0.25) is 14.1 Å². The molecule has 0 amide bonds. The lowest BCUT2D eigenvalue weighted by molar-refractivity contribution is 0.281. The summed E-state index contributed by atoms with van der Waals surface area (Å²) in [4.78, 5) is 19.8. The fourth-order valence-corrected chi connectivity index (χ4v) is 3.36. The van der Waals surface area contributed by atoms with Crippen LogP contribution in [0, 0.1) is 6.92 Å². The number of hydrogen-bond acceptors (Lipinski definition) is 5. The van der Waals surface area contributed by atoms with E-state index < -0.39 is 0 Å². The van der Waals surface area contributed by atoms with E-state index in [4.69, 9.17) is 0 Å². The average molecular weight is 315 g/mol. The van der Waals surface area contributed by atoms with Crippen LogP contribution in [0.3, 0.4) is 0 Å². The minimum Gasteiger partial charge on any atom is -0.315 e. The third kappa shape index (κ3) is 3.20. The zero-order valence-corrected chi connectivity index (χ0v) is 13.1. The summed E-state index contributed by atoms with van der Waals surface area (Å²) >= 11 is 1.53. The van der Waals surface area contributed by atoms with E-state index in [1.807, 2.05) is 12.3 Å². The number of rotatable bonds is 2. The van der Waals surface area contributed by atoms with Crippen LogP contribution < -0.4 is 10.9 Å². The van der Waals surface area contributed by atoms with Crippen LogP contribution in [0.2, 0.25) is 0 Å². The first-order chi connectivity index (χ1) is 9.24. The largest absolute Gasteiger partial charge is 0.315 e. The average Bonchev–Trinajstić information content (AvgIpc) is 2.61. The monoisotopic (exact) mass is 314 g/mol. The van der Waals surface area contributed by atoms with Gasteiger partial charge in [-0.05, 0) is 26.4 Å². The van der Waals surface area contributed by atoms with Crippen LogP contribution in [0.25, 0.3) is 4.96 Å². The van der Waals surface area contributed by atoms with Gasteiger partial charge in [-0.2, -0.15) is 0 Å². The fraction of sp³-hybridized carbons (Fsp3) is 0.538. The molecule has 0 aromatic carbocycles. The van der Waals surface area contributed by atoms with Crippen molar-refractivity contribution in [1.82, 2.24) is 19.6 Å². The molecule has 0 aliphatic carbocycles. The number of thiazole rings is 1. The van der Waals surface area contributed by atoms with E-state index in [0.717, 1.165) is 55.5 Å². The molecule has 3 heterocycles. The van der Waals surface area contributed by atoms with Crippen molar-refractivity contribution in [3.8, 4) is 0 Å². The molecule has 0 atom stereocenters. The Morgan fingerprint density at radius 1 is 1.40 bits per heavy atom. The van der Waals surface area contributed by atoms with E-state index in [-0.39, 0.29) is 18.0 Å². The number of aryl methyl sites for hydroxylation is 1. The van der Waals surface area contributed by atoms with Gasteiger partial charge in [0.25, 0.3) is 5.56 Å². The van der Waals surface area contributed by atoms with Crippen molar-refractivity contribution in [2.45, 2.75) is 19.9 Å². The Labute approximate surface area is 128 Å². The third-order valence-electron chi connectivity index (χ3n) is 3.45. The summed E-state index contributed by atoms with van der Waals surface area (Å²) in [5, 5.41) is 5.36. The van der Waals surface area contributed by atoms with Gasteiger partial charge in [0, 0.05) is 36.8 Å². The molecule has 0 radical (unpaired) electrons. The highest BCUT2D eigenvalue weighted by Crippen LogP contribution is 2.12. The summed E-state index contributed by atoms with van der Waals surface area (Å²) in [5.74, 6) is 0. The molecule has 20 heavy (non-hydrogen) atoms. The van der Waals surface area contributed by atoms with E-state index in [2.05, 4.69) is 15.2 Å². The highest BCUT2D eigenvalue weighted by Gasteiger charge is 2.12. The van der Waals surface area contributed by atoms with Crippen molar-refractivity contribution >= 4 is 28.7 Å². The zero-order valence-electron chi connectivity index (χ0n) is 11.5. The predicted molar refractivity (Wildman–Crippen MR) is 84.1 cm³/mol. The summed E-state index contributed by atoms with van der Waals surface area (Å²) in [7, 11) is 0. The molecule has 5 nitrogen and oxygen atoms in total. The van der Waals surface area contributed by atoms with E-state index >= 15 is 0 Å². The Balaban J connectivity index is 0.00000147. The van der Waals surface area contributed by atoms with E-state index in [9.17, 15) is 4.79 Å². The topological polar surface area (TPSA) is 49.6 Å². The first kappa shape index (κ1) is 15.4. The Morgan fingerprint density at radius 3 is 3.10 bits per heavy atom. The first-order valence-electron chi connectivity index (χ1n) is 6.64. The highest BCUT2D eigenvalue weighted by molar-refractivity contribution is 7.15. The molecule has 110 valence electrons. The molecule has 3 rings (SSSR count). The smallest absolute Gasteiger partial charge is 0.259 e. The summed E-state index contributed by atoms with van der Waals surface area (Å²) < 4.78 is 1.68. The second-order valence-electron chi connectivity index (χ2n) is 4.96. The van der Waals surface area contributed by atoms with Crippen LogP contribution in [-0.4, -0.2) is 40.5 Å². The second-order valence-corrected chi connectivity index (χ2v) is 5.80. The van der Waals surface area contributed by atoms with Crippen LogP contribution in [-0.2, 0) is 6.54 Å². The van der Waals surface area contributed by atoms with E-state index in [1.54, 1.807) is 10.5 Å². The minimum atomic E-state index is 0. The van der Waals surface area contributed by atoms with Crippen LogP contribution in [0.15, 0.2) is 16.2 Å². The van der Waals surface area contributed by atoms with Gasteiger partial charge in [-0.15, -0.1) is 23.7 Å². The summed E-state index contributed by atoms with van der Waals surface area (Å²) in [5.41, 5.74) is 1.88. The molecule has 1 aliphatic rings. The fourth-order valence-electron chi connectivity index (χ4n) is 2.47. The van der Waals surface area contributed by atoms with Gasteiger partial charge >= 0.3 is 0 Å².